The largest absolute Gasteiger partial charge is 0.495 e. The van der Waals surface area contributed by atoms with Crippen LogP contribution in [0.15, 0.2) is 60.8 Å². The summed E-state index contributed by atoms with van der Waals surface area (Å²) in [5.41, 5.74) is 3.13. The molecule has 0 amide bonds. The highest BCUT2D eigenvalue weighted by Gasteiger charge is 2.24. The maximum absolute atomic E-state index is 6.44. The summed E-state index contributed by atoms with van der Waals surface area (Å²) in [6.07, 6.45) is 9.44. The Morgan fingerprint density at radius 1 is 1.06 bits per heavy atom. The monoisotopic (exact) mass is 515 g/mol. The molecule has 34 heavy (non-hydrogen) atoms. The first-order valence-electron chi connectivity index (χ1n) is 11.8. The number of hydrogen-bond acceptors (Lipinski definition) is 2. The maximum atomic E-state index is 6.44. The first-order chi connectivity index (χ1) is 16.5. The van der Waals surface area contributed by atoms with Gasteiger partial charge in [0.05, 0.1) is 19.3 Å². The molecule has 1 saturated carbocycles. The predicted octanol–water partition coefficient (Wildman–Crippen LogP) is 7.77. The fraction of sp³-hybridized carbons (Fsp3) is 0.370. The highest BCUT2D eigenvalue weighted by Crippen LogP contribution is 2.30. The third kappa shape index (κ3) is 6.26. The Bertz CT molecular complexity index is 1110. The molecular weight excluding hydrogens is 485 g/mol. The summed E-state index contributed by atoms with van der Waals surface area (Å²) in [5, 5.41) is 5.56. The van der Waals surface area contributed by atoms with Crippen LogP contribution < -0.4 is 10.1 Å². The summed E-state index contributed by atoms with van der Waals surface area (Å²) < 4.78 is 7.79. The Balaban J connectivity index is 1.58. The average Bonchev–Trinajstić information content (AvgIpc) is 3.09. The van der Waals surface area contributed by atoms with Gasteiger partial charge in [0, 0.05) is 40.6 Å². The van der Waals surface area contributed by atoms with Gasteiger partial charge in [-0.1, -0.05) is 67.1 Å². The van der Waals surface area contributed by atoms with Crippen molar-refractivity contribution in [3.05, 3.63) is 82.1 Å². The summed E-state index contributed by atoms with van der Waals surface area (Å²) in [5.74, 6) is 0.678. The van der Waals surface area contributed by atoms with Crippen LogP contribution in [0.25, 0.3) is 0 Å². The number of aromatic nitrogens is 1. The van der Waals surface area contributed by atoms with Gasteiger partial charge in [0.2, 0.25) is 0 Å². The van der Waals surface area contributed by atoms with E-state index in [1.54, 1.807) is 13.2 Å². The van der Waals surface area contributed by atoms with Gasteiger partial charge in [0.15, 0.2) is 5.11 Å². The van der Waals surface area contributed by atoms with E-state index in [1.807, 2.05) is 30.3 Å². The molecule has 1 fully saturated rings. The van der Waals surface area contributed by atoms with Crippen molar-refractivity contribution in [1.29, 1.82) is 0 Å². The Kier molecular flexibility index (Phi) is 8.76. The minimum atomic E-state index is 0.393. The number of rotatable bonds is 7. The van der Waals surface area contributed by atoms with Crippen LogP contribution in [0.2, 0.25) is 10.0 Å². The summed E-state index contributed by atoms with van der Waals surface area (Å²) >= 11 is 18.6. The molecule has 4 rings (SSSR count). The van der Waals surface area contributed by atoms with Gasteiger partial charge in [-0.15, -0.1) is 0 Å². The van der Waals surface area contributed by atoms with E-state index >= 15 is 0 Å². The number of benzene rings is 2. The van der Waals surface area contributed by atoms with Gasteiger partial charge < -0.3 is 19.5 Å². The molecule has 0 bridgehead atoms. The standard InChI is InChI=1S/C27H31Cl2N3OS/c1-33-26-17-21(28)14-15-25(26)30-27(34)32(22-10-4-2-3-5-11-22)19-23-12-8-16-31(23)18-20-9-6-7-13-24(20)29/h6-9,12-17,22H,2-5,10-11,18-19H2,1H3,(H,30,34). The van der Waals surface area contributed by atoms with Crippen molar-refractivity contribution in [3.8, 4) is 5.75 Å². The van der Waals surface area contributed by atoms with Gasteiger partial charge in [-0.2, -0.15) is 0 Å². The second-order valence-electron chi connectivity index (χ2n) is 8.77. The summed E-state index contributed by atoms with van der Waals surface area (Å²) in [4.78, 5) is 2.35. The van der Waals surface area contributed by atoms with Crippen molar-refractivity contribution in [2.24, 2.45) is 0 Å². The van der Waals surface area contributed by atoms with Crippen molar-refractivity contribution in [2.45, 2.75) is 57.7 Å². The minimum Gasteiger partial charge on any atom is -0.495 e. The van der Waals surface area contributed by atoms with E-state index in [0.717, 1.165) is 42.2 Å². The first kappa shape index (κ1) is 24.9. The van der Waals surface area contributed by atoms with Gasteiger partial charge in [-0.3, -0.25) is 0 Å². The number of methoxy groups -OCH3 is 1. The van der Waals surface area contributed by atoms with Crippen LogP contribution in [0.1, 0.15) is 49.8 Å². The molecule has 2 aromatic carbocycles. The van der Waals surface area contributed by atoms with Crippen LogP contribution in [0.3, 0.4) is 0 Å². The van der Waals surface area contributed by atoms with Gasteiger partial charge in [0.25, 0.3) is 0 Å². The van der Waals surface area contributed by atoms with Crippen LogP contribution in [-0.2, 0) is 13.1 Å². The van der Waals surface area contributed by atoms with Crippen LogP contribution in [0, 0.1) is 0 Å². The van der Waals surface area contributed by atoms with Crippen molar-refractivity contribution in [2.75, 3.05) is 12.4 Å². The normalized spacial score (nSPS) is 14.4. The minimum absolute atomic E-state index is 0.393. The van der Waals surface area contributed by atoms with E-state index in [9.17, 15) is 0 Å². The topological polar surface area (TPSA) is 29.4 Å². The molecule has 0 aliphatic heterocycles. The Morgan fingerprint density at radius 2 is 1.82 bits per heavy atom. The zero-order chi connectivity index (χ0) is 23.9. The van der Waals surface area contributed by atoms with E-state index in [0.29, 0.717) is 21.9 Å². The van der Waals surface area contributed by atoms with Crippen LogP contribution in [-0.4, -0.2) is 27.7 Å². The highest BCUT2D eigenvalue weighted by molar-refractivity contribution is 7.80. The Labute approximate surface area is 217 Å². The number of halogens is 2. The smallest absolute Gasteiger partial charge is 0.174 e. The lowest BCUT2D eigenvalue weighted by Crippen LogP contribution is -2.42. The third-order valence-electron chi connectivity index (χ3n) is 6.49. The molecule has 0 atom stereocenters. The summed E-state index contributed by atoms with van der Waals surface area (Å²) in [6, 6.07) is 18.2. The number of ether oxygens (including phenoxy) is 1. The predicted molar refractivity (Wildman–Crippen MR) is 146 cm³/mol. The molecule has 3 aromatic rings. The van der Waals surface area contributed by atoms with Crippen molar-refractivity contribution >= 4 is 46.2 Å². The quantitative estimate of drug-likeness (QED) is 0.257. The van der Waals surface area contributed by atoms with Crippen molar-refractivity contribution in [3.63, 3.8) is 0 Å². The second-order valence-corrected chi connectivity index (χ2v) is 10.00. The molecule has 0 radical (unpaired) electrons. The fourth-order valence-electron chi connectivity index (χ4n) is 4.62. The van der Waals surface area contributed by atoms with Crippen molar-refractivity contribution in [1.82, 2.24) is 9.47 Å². The fourth-order valence-corrected chi connectivity index (χ4v) is 5.30. The van der Waals surface area contributed by atoms with Gasteiger partial charge in [0.1, 0.15) is 5.75 Å². The molecule has 1 aliphatic rings. The zero-order valence-electron chi connectivity index (χ0n) is 19.5. The van der Waals surface area contributed by atoms with E-state index < -0.39 is 0 Å². The number of hydrogen-bond donors (Lipinski definition) is 1. The highest BCUT2D eigenvalue weighted by atomic mass is 35.5. The van der Waals surface area contributed by atoms with Gasteiger partial charge in [-0.05, 0) is 61.0 Å². The van der Waals surface area contributed by atoms with Gasteiger partial charge in [-0.25, -0.2) is 0 Å². The van der Waals surface area contributed by atoms with Gasteiger partial charge >= 0.3 is 0 Å². The zero-order valence-corrected chi connectivity index (χ0v) is 21.8. The number of nitrogens with one attached hydrogen (secondary N) is 1. The van der Waals surface area contributed by atoms with E-state index in [-0.39, 0.29) is 0 Å². The lowest BCUT2D eigenvalue weighted by molar-refractivity contribution is 0.274. The summed E-state index contributed by atoms with van der Waals surface area (Å²) in [7, 11) is 1.64. The number of thiocarbonyl (C=S) groups is 1. The lowest BCUT2D eigenvalue weighted by Gasteiger charge is -2.34. The first-order valence-corrected chi connectivity index (χ1v) is 13.0. The number of nitrogens with zero attached hydrogens (tertiary/aromatic N) is 2. The second kappa shape index (κ2) is 12.0. The lowest BCUT2D eigenvalue weighted by atomic mass is 10.1. The molecule has 1 aromatic heterocycles. The molecule has 0 spiro atoms. The molecule has 0 unspecified atom stereocenters. The molecule has 1 heterocycles. The molecule has 1 aliphatic carbocycles. The van der Waals surface area contributed by atoms with E-state index in [2.05, 4.69) is 39.2 Å². The summed E-state index contributed by atoms with van der Waals surface area (Å²) in [6.45, 7) is 1.45. The van der Waals surface area contributed by atoms with E-state index in [4.69, 9.17) is 40.2 Å². The number of anilines is 1. The molecule has 7 heteroatoms. The SMILES string of the molecule is COc1cc(Cl)ccc1NC(=S)N(Cc1cccn1Cc1ccccc1Cl)C1CCCCCC1. The molecule has 180 valence electrons. The maximum Gasteiger partial charge on any atom is 0.174 e. The Hall–Kier alpha value is -2.21. The third-order valence-corrected chi connectivity index (χ3v) is 7.43. The molecular formula is C27H31Cl2N3OS. The van der Waals surface area contributed by atoms with E-state index in [1.165, 1.54) is 31.4 Å². The van der Waals surface area contributed by atoms with Crippen LogP contribution >= 0.6 is 35.4 Å². The average molecular weight is 517 g/mol. The molecule has 0 saturated heterocycles. The molecule has 4 nitrogen and oxygen atoms in total. The Morgan fingerprint density at radius 3 is 2.56 bits per heavy atom. The van der Waals surface area contributed by atoms with Crippen LogP contribution in [0.4, 0.5) is 5.69 Å². The van der Waals surface area contributed by atoms with Crippen molar-refractivity contribution < 1.29 is 4.74 Å². The van der Waals surface area contributed by atoms with Crippen LogP contribution in [0.5, 0.6) is 5.75 Å². The molecule has 1 N–H and O–H groups in total.